The number of hydrogen-bond donors (Lipinski definition) is 0. The average Bonchev–Trinajstić information content (AvgIpc) is 2.58. The van der Waals surface area contributed by atoms with Gasteiger partial charge in [-0.05, 0) is 36.4 Å². The zero-order valence-electron chi connectivity index (χ0n) is 12.3. The number of carbonyl (C=O) groups is 1. The minimum absolute atomic E-state index is 0.203. The summed E-state index contributed by atoms with van der Waals surface area (Å²) in [6.45, 7) is -0.203. The number of para-hydroxylation sites is 1. The van der Waals surface area contributed by atoms with Crippen molar-refractivity contribution >= 4 is 28.5 Å². The number of benzene rings is 2. The third-order valence-corrected chi connectivity index (χ3v) is 3.73. The number of methoxy groups -OCH3 is 1. The van der Waals surface area contributed by atoms with E-state index in [0.717, 1.165) is 0 Å². The number of fused-ring (bicyclic) bond motifs is 1. The number of ether oxygens (including phenoxy) is 1. The van der Waals surface area contributed by atoms with Crippen molar-refractivity contribution in [1.82, 2.24) is 9.55 Å². The third kappa shape index (κ3) is 2.96. The molecule has 0 aliphatic carbocycles. The smallest absolute Gasteiger partial charge is 0.325 e. The first-order valence-electron chi connectivity index (χ1n) is 6.92. The Bertz CT molecular complexity index is 933. The predicted octanol–water partition coefficient (Wildman–Crippen LogP) is 2.89. The van der Waals surface area contributed by atoms with Crippen LogP contribution < -0.4 is 5.56 Å². The van der Waals surface area contributed by atoms with Gasteiger partial charge in [0, 0.05) is 10.6 Å². The van der Waals surface area contributed by atoms with Gasteiger partial charge in [0.2, 0.25) is 0 Å². The largest absolute Gasteiger partial charge is 0.468 e. The van der Waals surface area contributed by atoms with Crippen LogP contribution in [0.3, 0.4) is 0 Å². The highest BCUT2D eigenvalue weighted by atomic mass is 35.5. The molecule has 1 heterocycles. The van der Waals surface area contributed by atoms with Crippen LogP contribution in [0, 0.1) is 0 Å². The first-order chi connectivity index (χ1) is 11.1. The molecule has 0 amide bonds. The molecule has 1 aromatic heterocycles. The monoisotopic (exact) mass is 328 g/mol. The Morgan fingerprint density at radius 1 is 1.17 bits per heavy atom. The van der Waals surface area contributed by atoms with Crippen molar-refractivity contribution < 1.29 is 9.53 Å². The fourth-order valence-corrected chi connectivity index (χ4v) is 2.45. The highest BCUT2D eigenvalue weighted by Gasteiger charge is 2.15. The van der Waals surface area contributed by atoms with Gasteiger partial charge >= 0.3 is 5.97 Å². The molecule has 6 heteroatoms. The summed E-state index contributed by atoms with van der Waals surface area (Å²) in [5.74, 6) is -0.116. The molecule has 5 nitrogen and oxygen atoms in total. The standard InChI is InChI=1S/C17H13ClN2O3/c1-23-15(21)10-20-16(11-6-8-12(18)9-7-11)19-14-5-3-2-4-13(14)17(20)22/h2-9H,10H2,1H3. The number of hydrogen-bond acceptors (Lipinski definition) is 4. The summed E-state index contributed by atoms with van der Waals surface area (Å²) in [6, 6.07) is 13.9. The van der Waals surface area contributed by atoms with Crippen molar-refractivity contribution in [2.45, 2.75) is 6.54 Å². The van der Waals surface area contributed by atoms with Gasteiger partial charge in [0.15, 0.2) is 0 Å². The summed E-state index contributed by atoms with van der Waals surface area (Å²) >= 11 is 5.91. The van der Waals surface area contributed by atoms with E-state index < -0.39 is 5.97 Å². The summed E-state index contributed by atoms with van der Waals surface area (Å²) in [5.41, 5.74) is 0.982. The Morgan fingerprint density at radius 2 is 1.87 bits per heavy atom. The Balaban J connectivity index is 2.29. The lowest BCUT2D eigenvalue weighted by Gasteiger charge is -2.12. The molecule has 0 radical (unpaired) electrons. The quantitative estimate of drug-likeness (QED) is 0.694. The zero-order valence-corrected chi connectivity index (χ0v) is 13.1. The van der Waals surface area contributed by atoms with Crippen LogP contribution in [0.4, 0.5) is 0 Å². The van der Waals surface area contributed by atoms with Gasteiger partial charge < -0.3 is 4.74 Å². The molecule has 2 aromatic carbocycles. The fraction of sp³-hybridized carbons (Fsp3) is 0.118. The zero-order chi connectivity index (χ0) is 16.4. The number of esters is 1. The van der Waals surface area contributed by atoms with Crippen LogP contribution >= 0.6 is 11.6 Å². The molecule has 0 saturated heterocycles. The van der Waals surface area contributed by atoms with Crippen molar-refractivity contribution in [3.63, 3.8) is 0 Å². The molecule has 3 aromatic rings. The predicted molar refractivity (Wildman–Crippen MR) is 88.5 cm³/mol. The topological polar surface area (TPSA) is 61.2 Å². The molecule has 3 rings (SSSR count). The summed E-state index contributed by atoms with van der Waals surface area (Å²) in [4.78, 5) is 28.9. The number of carbonyl (C=O) groups excluding carboxylic acids is 1. The summed E-state index contributed by atoms with van der Waals surface area (Å²) < 4.78 is 6.00. The van der Waals surface area contributed by atoms with Gasteiger partial charge in [0.1, 0.15) is 12.4 Å². The Kier molecular flexibility index (Phi) is 4.12. The highest BCUT2D eigenvalue weighted by molar-refractivity contribution is 6.30. The van der Waals surface area contributed by atoms with E-state index in [9.17, 15) is 9.59 Å². The molecule has 23 heavy (non-hydrogen) atoms. The number of rotatable bonds is 3. The molecular weight excluding hydrogens is 316 g/mol. The Hall–Kier alpha value is -2.66. The van der Waals surface area contributed by atoms with Crippen LogP contribution in [-0.2, 0) is 16.1 Å². The molecule has 0 saturated carbocycles. The van der Waals surface area contributed by atoms with Crippen molar-refractivity contribution in [2.24, 2.45) is 0 Å². The Labute approximate surface area is 137 Å². The van der Waals surface area contributed by atoms with Gasteiger partial charge in [-0.15, -0.1) is 0 Å². The Morgan fingerprint density at radius 3 is 2.57 bits per heavy atom. The summed E-state index contributed by atoms with van der Waals surface area (Å²) in [6.07, 6.45) is 0. The number of aromatic nitrogens is 2. The van der Waals surface area contributed by atoms with Crippen LogP contribution in [-0.4, -0.2) is 22.6 Å². The third-order valence-electron chi connectivity index (χ3n) is 3.48. The molecule has 0 aliphatic heterocycles. The molecule has 0 fully saturated rings. The van der Waals surface area contributed by atoms with Crippen LogP contribution in [0.25, 0.3) is 22.3 Å². The molecule has 0 unspecified atom stereocenters. The average molecular weight is 329 g/mol. The van der Waals surface area contributed by atoms with Gasteiger partial charge in [-0.2, -0.15) is 0 Å². The maximum absolute atomic E-state index is 12.7. The maximum atomic E-state index is 12.7. The van der Waals surface area contributed by atoms with E-state index in [2.05, 4.69) is 9.72 Å². The SMILES string of the molecule is COC(=O)Cn1c(-c2ccc(Cl)cc2)nc2ccccc2c1=O. The molecule has 0 aliphatic rings. The lowest BCUT2D eigenvalue weighted by molar-refractivity contribution is -0.141. The van der Waals surface area contributed by atoms with Crippen LogP contribution in [0.15, 0.2) is 53.3 Å². The van der Waals surface area contributed by atoms with Crippen molar-refractivity contribution in [3.05, 3.63) is 63.9 Å². The molecule has 0 atom stereocenters. The van der Waals surface area contributed by atoms with E-state index in [1.54, 1.807) is 42.5 Å². The second kappa shape index (κ2) is 6.22. The molecule has 0 bridgehead atoms. The van der Waals surface area contributed by atoms with Crippen LogP contribution in [0.5, 0.6) is 0 Å². The van der Waals surface area contributed by atoms with E-state index in [4.69, 9.17) is 11.6 Å². The molecule has 116 valence electrons. The molecule has 0 N–H and O–H groups in total. The normalized spacial score (nSPS) is 10.7. The highest BCUT2D eigenvalue weighted by Crippen LogP contribution is 2.21. The van der Waals surface area contributed by atoms with Gasteiger partial charge in [0.25, 0.3) is 5.56 Å². The van der Waals surface area contributed by atoms with E-state index in [-0.39, 0.29) is 12.1 Å². The van der Waals surface area contributed by atoms with Crippen molar-refractivity contribution in [2.75, 3.05) is 7.11 Å². The molecule has 0 spiro atoms. The minimum atomic E-state index is -0.514. The van der Waals surface area contributed by atoms with Gasteiger partial charge in [0.05, 0.1) is 18.0 Å². The van der Waals surface area contributed by atoms with Gasteiger partial charge in [-0.3, -0.25) is 14.2 Å². The van der Waals surface area contributed by atoms with Gasteiger partial charge in [-0.25, -0.2) is 4.98 Å². The van der Waals surface area contributed by atoms with E-state index in [1.165, 1.54) is 11.7 Å². The van der Waals surface area contributed by atoms with Crippen LogP contribution in [0.1, 0.15) is 0 Å². The van der Waals surface area contributed by atoms with E-state index in [1.807, 2.05) is 6.07 Å². The fourth-order valence-electron chi connectivity index (χ4n) is 2.33. The summed E-state index contributed by atoms with van der Waals surface area (Å²) in [5, 5.41) is 1.03. The van der Waals surface area contributed by atoms with Gasteiger partial charge in [-0.1, -0.05) is 23.7 Å². The van der Waals surface area contributed by atoms with E-state index in [0.29, 0.717) is 27.3 Å². The summed E-state index contributed by atoms with van der Waals surface area (Å²) in [7, 11) is 1.28. The maximum Gasteiger partial charge on any atom is 0.325 e. The number of nitrogens with zero attached hydrogens (tertiary/aromatic N) is 2. The van der Waals surface area contributed by atoms with E-state index >= 15 is 0 Å². The minimum Gasteiger partial charge on any atom is -0.468 e. The van der Waals surface area contributed by atoms with Crippen molar-refractivity contribution in [1.29, 1.82) is 0 Å². The first kappa shape index (κ1) is 15.2. The number of halogens is 1. The second-order valence-electron chi connectivity index (χ2n) is 4.93. The molecular formula is C17H13ClN2O3. The van der Waals surface area contributed by atoms with Crippen LogP contribution in [0.2, 0.25) is 5.02 Å². The lowest BCUT2D eigenvalue weighted by Crippen LogP contribution is -2.27. The lowest BCUT2D eigenvalue weighted by atomic mass is 10.2. The second-order valence-corrected chi connectivity index (χ2v) is 5.36. The first-order valence-corrected chi connectivity index (χ1v) is 7.30. The van der Waals surface area contributed by atoms with Crippen molar-refractivity contribution in [3.8, 4) is 11.4 Å².